The Morgan fingerprint density at radius 1 is 1.22 bits per heavy atom. The number of hydrogen-bond acceptors (Lipinski definition) is 6. The van der Waals surface area contributed by atoms with Crippen LogP contribution in [0.25, 0.3) is 0 Å². The molecular formula is C23H28FN3O4S. The average molecular weight is 462 g/mol. The van der Waals surface area contributed by atoms with Crippen LogP contribution >= 0.6 is 0 Å². The summed E-state index contributed by atoms with van der Waals surface area (Å²) in [6.07, 6.45) is 1.58. The second-order valence-corrected chi connectivity index (χ2v) is 10.8. The van der Waals surface area contributed by atoms with Gasteiger partial charge in [0.05, 0.1) is 36.8 Å². The van der Waals surface area contributed by atoms with E-state index in [2.05, 4.69) is 22.3 Å². The lowest BCUT2D eigenvalue weighted by Gasteiger charge is -2.40. The Morgan fingerprint density at radius 3 is 2.62 bits per heavy atom. The highest BCUT2D eigenvalue weighted by Gasteiger charge is 2.36. The maximum Gasteiger partial charge on any atom is 0.266 e. The van der Waals surface area contributed by atoms with Gasteiger partial charge in [0.1, 0.15) is 5.82 Å². The predicted molar refractivity (Wildman–Crippen MR) is 122 cm³/mol. The number of rotatable bonds is 4. The molecule has 0 aliphatic carbocycles. The summed E-state index contributed by atoms with van der Waals surface area (Å²) in [6.45, 7) is 7.04. The minimum atomic E-state index is -3.79. The first-order chi connectivity index (χ1) is 15.0. The number of anilines is 2. The fourth-order valence-electron chi connectivity index (χ4n) is 4.51. The number of nitrogens with zero attached hydrogens (tertiary/aromatic N) is 1. The fourth-order valence-corrected chi connectivity index (χ4v) is 4.95. The Hall–Kier alpha value is -2.65. The van der Waals surface area contributed by atoms with Gasteiger partial charge in [-0.25, -0.2) is 17.5 Å². The van der Waals surface area contributed by atoms with Crippen molar-refractivity contribution in [1.82, 2.24) is 4.72 Å². The molecule has 1 atom stereocenters. The van der Waals surface area contributed by atoms with Crippen molar-refractivity contribution in [1.29, 1.82) is 0 Å². The molecule has 2 aromatic carbocycles. The number of sulfonamides is 1. The van der Waals surface area contributed by atoms with Gasteiger partial charge in [0.15, 0.2) is 0 Å². The number of morpholine rings is 1. The van der Waals surface area contributed by atoms with Crippen LogP contribution in [-0.2, 0) is 20.2 Å². The molecule has 7 nitrogen and oxygen atoms in total. The zero-order valence-electron chi connectivity index (χ0n) is 18.4. The van der Waals surface area contributed by atoms with Crippen LogP contribution in [0.4, 0.5) is 15.8 Å². The number of nitrogens with one attached hydrogen (secondary N) is 2. The van der Waals surface area contributed by atoms with Crippen LogP contribution in [0.3, 0.4) is 0 Å². The van der Waals surface area contributed by atoms with Crippen molar-refractivity contribution in [3.8, 4) is 0 Å². The van der Waals surface area contributed by atoms with E-state index in [1.54, 1.807) is 0 Å². The maximum absolute atomic E-state index is 14.4. The lowest BCUT2D eigenvalue weighted by molar-refractivity contribution is 0.0981. The summed E-state index contributed by atoms with van der Waals surface area (Å²) in [5.41, 5.74) is 2.80. The zero-order valence-corrected chi connectivity index (χ0v) is 19.3. The van der Waals surface area contributed by atoms with E-state index in [9.17, 15) is 17.6 Å². The minimum Gasteiger partial charge on any atom is -0.378 e. The Kier molecular flexibility index (Phi) is 5.89. The fraction of sp³-hybridized carbons (Fsp3) is 0.435. The highest BCUT2D eigenvalue weighted by molar-refractivity contribution is 7.89. The molecule has 4 rings (SSSR count). The maximum atomic E-state index is 14.4. The normalized spacial score (nSPS) is 20.2. The van der Waals surface area contributed by atoms with E-state index >= 15 is 0 Å². The van der Waals surface area contributed by atoms with Crippen LogP contribution < -0.4 is 14.9 Å². The second-order valence-electron chi connectivity index (χ2n) is 9.06. The van der Waals surface area contributed by atoms with Crippen LogP contribution in [0.1, 0.15) is 47.8 Å². The number of hydrogen-bond donors (Lipinski definition) is 2. The van der Waals surface area contributed by atoms with Gasteiger partial charge in [-0.2, -0.15) is 0 Å². The van der Waals surface area contributed by atoms with Crippen LogP contribution in [0.5, 0.6) is 0 Å². The van der Waals surface area contributed by atoms with Crippen molar-refractivity contribution in [3.63, 3.8) is 0 Å². The standard InChI is InChI=1S/C23H28FN3O4S/c1-23(2)14-20(15-5-4-6-17(11-15)27-7-9-31-10-8-27)25-21-18(12-16(24)13-19(21)23)22(28)26-32(3,29)30/h4-6,11-13,20,25H,7-10,14H2,1-3H3,(H,26,28). The Bertz CT molecular complexity index is 1140. The third-order valence-corrected chi connectivity index (χ3v) is 6.59. The summed E-state index contributed by atoms with van der Waals surface area (Å²) < 4.78 is 45.0. The third-order valence-electron chi connectivity index (χ3n) is 6.04. The minimum absolute atomic E-state index is 0.0208. The molecule has 172 valence electrons. The molecule has 32 heavy (non-hydrogen) atoms. The summed E-state index contributed by atoms with van der Waals surface area (Å²) in [6, 6.07) is 10.6. The van der Waals surface area contributed by atoms with Crippen molar-refractivity contribution in [2.45, 2.75) is 31.7 Å². The van der Waals surface area contributed by atoms with Gasteiger partial charge < -0.3 is 15.0 Å². The molecule has 9 heteroatoms. The lowest BCUT2D eigenvalue weighted by Crippen LogP contribution is -2.37. The zero-order chi connectivity index (χ0) is 23.1. The van der Waals surface area contributed by atoms with Crippen molar-refractivity contribution in [3.05, 3.63) is 58.9 Å². The summed E-state index contributed by atoms with van der Waals surface area (Å²) in [4.78, 5) is 15.0. The number of ether oxygens (including phenoxy) is 1. The van der Waals surface area contributed by atoms with E-state index in [0.717, 1.165) is 36.7 Å². The molecule has 1 fully saturated rings. The molecule has 0 aromatic heterocycles. The van der Waals surface area contributed by atoms with Crippen LogP contribution in [0, 0.1) is 5.82 Å². The van der Waals surface area contributed by atoms with Gasteiger partial charge in [-0.15, -0.1) is 0 Å². The largest absolute Gasteiger partial charge is 0.378 e. The molecule has 2 aromatic rings. The van der Waals surface area contributed by atoms with E-state index in [1.807, 2.05) is 30.7 Å². The van der Waals surface area contributed by atoms with Gasteiger partial charge >= 0.3 is 0 Å². The highest BCUT2D eigenvalue weighted by Crippen LogP contribution is 2.46. The molecule has 2 aliphatic rings. The van der Waals surface area contributed by atoms with E-state index < -0.39 is 27.2 Å². The highest BCUT2D eigenvalue weighted by atomic mass is 32.2. The van der Waals surface area contributed by atoms with E-state index in [1.165, 1.54) is 6.07 Å². The number of benzene rings is 2. The molecule has 0 saturated carbocycles. The number of carbonyl (C=O) groups is 1. The van der Waals surface area contributed by atoms with Crippen molar-refractivity contribution in [2.24, 2.45) is 0 Å². The van der Waals surface area contributed by atoms with Crippen LogP contribution in [0.15, 0.2) is 36.4 Å². The smallest absolute Gasteiger partial charge is 0.266 e. The molecular weight excluding hydrogens is 433 g/mol. The van der Waals surface area contributed by atoms with E-state index in [0.29, 0.717) is 30.9 Å². The van der Waals surface area contributed by atoms with Gasteiger partial charge in [-0.05, 0) is 47.2 Å². The third kappa shape index (κ3) is 4.73. The number of amides is 1. The van der Waals surface area contributed by atoms with Crippen LogP contribution in [-0.4, -0.2) is 46.9 Å². The summed E-state index contributed by atoms with van der Waals surface area (Å²) in [7, 11) is -3.79. The van der Waals surface area contributed by atoms with Crippen molar-refractivity contribution < 1.29 is 22.3 Å². The SMILES string of the molecule is CC1(C)CC(c2cccc(N3CCOCC3)c2)Nc2c(C(=O)NS(C)(=O)=O)cc(F)cc21. The molecule has 2 heterocycles. The van der Waals surface area contributed by atoms with Crippen molar-refractivity contribution >= 4 is 27.3 Å². The molecule has 0 spiro atoms. The monoisotopic (exact) mass is 461 g/mol. The molecule has 0 bridgehead atoms. The predicted octanol–water partition coefficient (Wildman–Crippen LogP) is 3.19. The summed E-state index contributed by atoms with van der Waals surface area (Å²) >= 11 is 0. The quantitative estimate of drug-likeness (QED) is 0.727. The first-order valence-corrected chi connectivity index (χ1v) is 12.5. The Morgan fingerprint density at radius 2 is 1.94 bits per heavy atom. The molecule has 1 unspecified atom stereocenters. The summed E-state index contributed by atoms with van der Waals surface area (Å²) in [5, 5.41) is 3.40. The number of carbonyl (C=O) groups excluding carboxylic acids is 1. The number of fused-ring (bicyclic) bond motifs is 1. The molecule has 2 aliphatic heterocycles. The van der Waals surface area contributed by atoms with E-state index in [-0.39, 0.29) is 11.6 Å². The van der Waals surface area contributed by atoms with Crippen molar-refractivity contribution in [2.75, 3.05) is 42.8 Å². The van der Waals surface area contributed by atoms with Gasteiger partial charge in [-0.1, -0.05) is 26.0 Å². The average Bonchev–Trinajstić information content (AvgIpc) is 2.73. The lowest BCUT2D eigenvalue weighted by atomic mass is 9.73. The van der Waals surface area contributed by atoms with Gasteiger partial charge in [0.2, 0.25) is 10.0 Å². The molecule has 1 amide bonds. The van der Waals surface area contributed by atoms with Crippen LogP contribution in [0.2, 0.25) is 0 Å². The first kappa shape index (κ1) is 22.5. The van der Waals surface area contributed by atoms with Gasteiger partial charge in [-0.3, -0.25) is 4.79 Å². The van der Waals surface area contributed by atoms with Gasteiger partial charge in [0.25, 0.3) is 5.91 Å². The first-order valence-electron chi connectivity index (χ1n) is 10.6. The molecule has 2 N–H and O–H groups in total. The topological polar surface area (TPSA) is 87.7 Å². The molecule has 1 saturated heterocycles. The van der Waals surface area contributed by atoms with E-state index in [4.69, 9.17) is 4.74 Å². The second kappa shape index (κ2) is 8.37. The Labute approximate surface area is 188 Å². The molecule has 0 radical (unpaired) electrons. The Balaban J connectivity index is 1.72. The number of halogens is 1. The summed E-state index contributed by atoms with van der Waals surface area (Å²) in [5.74, 6) is -1.43. The van der Waals surface area contributed by atoms with Gasteiger partial charge in [0, 0.05) is 18.8 Å².